The zero-order valence-corrected chi connectivity index (χ0v) is 14.6. The summed E-state index contributed by atoms with van der Waals surface area (Å²) in [7, 11) is 3.96. The molecule has 7 nitrogen and oxygen atoms in total. The number of hydrogen-bond donors (Lipinski definition) is 0. The number of aryl methyl sites for hydroxylation is 2. The topological polar surface area (TPSA) is 65.7 Å². The molecule has 0 aromatic carbocycles. The van der Waals surface area contributed by atoms with Gasteiger partial charge in [0.2, 0.25) is 0 Å². The summed E-state index contributed by atoms with van der Waals surface area (Å²) in [5.74, 6) is 2.34. The number of amides is 1. The normalized spacial score (nSPS) is 14.8. The molecule has 0 unspecified atom stereocenters. The zero-order chi connectivity index (χ0) is 17.3. The van der Waals surface area contributed by atoms with Gasteiger partial charge in [0.05, 0.1) is 17.4 Å². The summed E-state index contributed by atoms with van der Waals surface area (Å²) in [6.45, 7) is 6.50. The highest BCUT2D eigenvalue weighted by Crippen LogP contribution is 2.20. The fourth-order valence-corrected chi connectivity index (χ4v) is 2.90. The van der Waals surface area contributed by atoms with Crippen LogP contribution in [0.3, 0.4) is 0 Å². The molecule has 3 heterocycles. The predicted molar refractivity (Wildman–Crippen MR) is 92.7 cm³/mol. The molecule has 24 heavy (non-hydrogen) atoms. The Balaban J connectivity index is 1.66. The van der Waals surface area contributed by atoms with Crippen LogP contribution in [0.4, 0.5) is 11.5 Å². The van der Waals surface area contributed by atoms with E-state index in [2.05, 4.69) is 15.1 Å². The van der Waals surface area contributed by atoms with Gasteiger partial charge >= 0.3 is 0 Å². The van der Waals surface area contributed by atoms with E-state index in [-0.39, 0.29) is 5.91 Å². The van der Waals surface area contributed by atoms with Gasteiger partial charge in [-0.2, -0.15) is 5.10 Å². The second-order valence-corrected chi connectivity index (χ2v) is 6.27. The number of aromatic nitrogens is 2. The molecule has 1 amide bonds. The van der Waals surface area contributed by atoms with Crippen molar-refractivity contribution in [2.45, 2.75) is 13.8 Å². The lowest BCUT2D eigenvalue weighted by molar-refractivity contribution is 0.0744. The zero-order valence-electron chi connectivity index (χ0n) is 14.6. The summed E-state index contributed by atoms with van der Waals surface area (Å²) in [4.78, 5) is 18.7. The number of nitrogens with zero attached hydrogens (tertiary/aromatic N) is 5. The molecule has 1 aliphatic rings. The first-order valence-electron chi connectivity index (χ1n) is 8.07. The van der Waals surface area contributed by atoms with Crippen LogP contribution in [0.1, 0.15) is 21.9 Å². The Hall–Kier alpha value is -2.57. The smallest absolute Gasteiger partial charge is 0.257 e. The molecule has 1 saturated heterocycles. The maximum Gasteiger partial charge on any atom is 0.257 e. The minimum Gasteiger partial charge on any atom is -0.466 e. The molecule has 0 aliphatic carbocycles. The molecule has 7 heteroatoms. The number of rotatable bonds is 3. The second kappa shape index (κ2) is 6.51. The molecular weight excluding hydrogens is 306 g/mol. The van der Waals surface area contributed by atoms with Crippen molar-refractivity contribution in [1.29, 1.82) is 0 Å². The first kappa shape index (κ1) is 16.3. The lowest BCUT2D eigenvalue weighted by Crippen LogP contribution is -2.49. The third-order valence-corrected chi connectivity index (χ3v) is 4.31. The highest BCUT2D eigenvalue weighted by Gasteiger charge is 2.25. The lowest BCUT2D eigenvalue weighted by Gasteiger charge is -2.35. The molecule has 2 aromatic rings. The van der Waals surface area contributed by atoms with Gasteiger partial charge in [0.1, 0.15) is 11.5 Å². The van der Waals surface area contributed by atoms with E-state index >= 15 is 0 Å². The van der Waals surface area contributed by atoms with Crippen molar-refractivity contribution in [1.82, 2.24) is 15.1 Å². The summed E-state index contributed by atoms with van der Waals surface area (Å²) >= 11 is 0. The van der Waals surface area contributed by atoms with E-state index in [9.17, 15) is 4.79 Å². The molecule has 0 atom stereocenters. The fraction of sp³-hybridized carbons (Fsp3) is 0.471. The Labute approximate surface area is 141 Å². The van der Waals surface area contributed by atoms with Gasteiger partial charge in [0.25, 0.3) is 5.91 Å². The predicted octanol–water partition coefficient (Wildman–Crippen LogP) is 1.71. The van der Waals surface area contributed by atoms with E-state index in [0.29, 0.717) is 24.4 Å². The summed E-state index contributed by atoms with van der Waals surface area (Å²) in [6.07, 6.45) is 1.74. The number of hydrogen-bond acceptors (Lipinski definition) is 6. The molecule has 0 saturated carbocycles. The Morgan fingerprint density at radius 3 is 2.46 bits per heavy atom. The van der Waals surface area contributed by atoms with Crippen molar-refractivity contribution in [3.63, 3.8) is 0 Å². The van der Waals surface area contributed by atoms with Crippen molar-refractivity contribution < 1.29 is 9.21 Å². The van der Waals surface area contributed by atoms with Crippen LogP contribution in [0.2, 0.25) is 0 Å². The molecule has 0 bridgehead atoms. The van der Waals surface area contributed by atoms with Crippen LogP contribution in [0.15, 0.2) is 22.7 Å². The minimum absolute atomic E-state index is 0.0390. The first-order valence-corrected chi connectivity index (χ1v) is 8.07. The molecular formula is C17H23N5O2. The maximum absolute atomic E-state index is 12.6. The average Bonchev–Trinajstić information content (AvgIpc) is 2.93. The molecule has 128 valence electrons. The Morgan fingerprint density at radius 2 is 1.88 bits per heavy atom. The Bertz CT molecular complexity index is 732. The second-order valence-electron chi connectivity index (χ2n) is 6.27. The minimum atomic E-state index is 0.0390. The summed E-state index contributed by atoms with van der Waals surface area (Å²) in [6, 6.07) is 3.84. The summed E-state index contributed by atoms with van der Waals surface area (Å²) in [5.41, 5.74) is 1.68. The standard InChI is InChI=1S/C17H23N5O2/c1-12-9-15(13(2)24-12)17(23)22-7-5-21(6-8-22)16-10-14(20(3)4)11-18-19-16/h9-11H,5-8H2,1-4H3. The molecule has 3 rings (SSSR count). The third-order valence-electron chi connectivity index (χ3n) is 4.31. The van der Waals surface area contributed by atoms with E-state index in [0.717, 1.165) is 30.4 Å². The number of furan rings is 1. The quantitative estimate of drug-likeness (QED) is 0.854. The molecule has 0 spiro atoms. The van der Waals surface area contributed by atoms with Crippen LogP contribution >= 0.6 is 0 Å². The van der Waals surface area contributed by atoms with Gasteiger partial charge in [-0.1, -0.05) is 0 Å². The molecule has 1 fully saturated rings. The maximum atomic E-state index is 12.6. The largest absolute Gasteiger partial charge is 0.466 e. The molecule has 1 aliphatic heterocycles. The van der Waals surface area contributed by atoms with Gasteiger partial charge in [-0.25, -0.2) is 0 Å². The van der Waals surface area contributed by atoms with Gasteiger partial charge in [-0.15, -0.1) is 5.10 Å². The highest BCUT2D eigenvalue weighted by atomic mass is 16.3. The van der Waals surface area contributed by atoms with Crippen LogP contribution in [-0.4, -0.2) is 61.3 Å². The SMILES string of the molecule is Cc1cc(C(=O)N2CCN(c3cc(N(C)C)cnn3)CC2)c(C)o1. The number of carbonyl (C=O) groups is 1. The average molecular weight is 329 g/mol. The van der Waals surface area contributed by atoms with E-state index in [1.54, 1.807) is 6.20 Å². The van der Waals surface area contributed by atoms with Gasteiger partial charge in [-0.05, 0) is 19.9 Å². The molecule has 0 N–H and O–H groups in total. The number of carbonyl (C=O) groups excluding carboxylic acids is 1. The van der Waals surface area contributed by atoms with E-state index in [4.69, 9.17) is 4.42 Å². The highest BCUT2D eigenvalue weighted by molar-refractivity contribution is 5.95. The summed E-state index contributed by atoms with van der Waals surface area (Å²) < 4.78 is 5.47. The fourth-order valence-electron chi connectivity index (χ4n) is 2.90. The van der Waals surface area contributed by atoms with Gasteiger partial charge in [-0.3, -0.25) is 4.79 Å². The van der Waals surface area contributed by atoms with Crippen LogP contribution in [-0.2, 0) is 0 Å². The lowest BCUT2D eigenvalue weighted by atomic mass is 10.2. The summed E-state index contributed by atoms with van der Waals surface area (Å²) in [5, 5.41) is 8.29. The van der Waals surface area contributed by atoms with E-state index < -0.39 is 0 Å². The monoisotopic (exact) mass is 329 g/mol. The van der Waals surface area contributed by atoms with Crippen molar-refractivity contribution in [3.05, 3.63) is 35.4 Å². The van der Waals surface area contributed by atoms with Gasteiger partial charge < -0.3 is 19.1 Å². The van der Waals surface area contributed by atoms with Crippen molar-refractivity contribution in [2.75, 3.05) is 50.1 Å². The van der Waals surface area contributed by atoms with Crippen molar-refractivity contribution in [3.8, 4) is 0 Å². The van der Waals surface area contributed by atoms with Crippen LogP contribution in [0.25, 0.3) is 0 Å². The van der Waals surface area contributed by atoms with E-state index in [1.807, 2.05) is 49.9 Å². The third kappa shape index (κ3) is 3.20. The van der Waals surface area contributed by atoms with Gasteiger partial charge in [0.15, 0.2) is 5.82 Å². The van der Waals surface area contributed by atoms with Gasteiger partial charge in [0, 0.05) is 46.3 Å². The molecule has 0 radical (unpaired) electrons. The Morgan fingerprint density at radius 1 is 1.17 bits per heavy atom. The van der Waals surface area contributed by atoms with Crippen LogP contribution in [0.5, 0.6) is 0 Å². The number of anilines is 2. The number of piperazine rings is 1. The van der Waals surface area contributed by atoms with Crippen LogP contribution < -0.4 is 9.80 Å². The molecule has 2 aromatic heterocycles. The van der Waals surface area contributed by atoms with Crippen molar-refractivity contribution in [2.24, 2.45) is 0 Å². The first-order chi connectivity index (χ1) is 11.5. The Kier molecular flexibility index (Phi) is 4.42. The van der Waals surface area contributed by atoms with Crippen LogP contribution in [0, 0.1) is 13.8 Å². The van der Waals surface area contributed by atoms with Crippen molar-refractivity contribution >= 4 is 17.4 Å². The van der Waals surface area contributed by atoms with E-state index in [1.165, 1.54) is 0 Å².